The van der Waals surface area contributed by atoms with Crippen LogP contribution in [-0.2, 0) is 0 Å². The molecular formula is C63H42N2O. The van der Waals surface area contributed by atoms with E-state index in [1.807, 2.05) is 6.07 Å². The molecule has 0 radical (unpaired) electrons. The summed E-state index contributed by atoms with van der Waals surface area (Å²) < 4.78 is 6.32. The second kappa shape index (κ2) is 16.7. The number of hydrogen-bond acceptors (Lipinski definition) is 3. The molecule has 0 N–H and O–H groups in total. The molecule has 0 unspecified atom stereocenters. The van der Waals surface area contributed by atoms with E-state index in [0.717, 1.165) is 66.8 Å². The number of para-hydroxylation sites is 1. The topological polar surface area (TPSA) is 29.3 Å². The summed E-state index contributed by atoms with van der Waals surface area (Å²) in [6, 6.07) is 91.0. The Morgan fingerprint density at radius 3 is 1.58 bits per heavy atom. The van der Waals surface area contributed by atoms with Crippen LogP contribution in [0, 0.1) is 0 Å². The van der Waals surface area contributed by atoms with Crippen LogP contribution in [0.25, 0.3) is 99.7 Å². The first-order valence-corrected chi connectivity index (χ1v) is 22.4. The third-order valence-electron chi connectivity index (χ3n) is 12.7. The summed E-state index contributed by atoms with van der Waals surface area (Å²) >= 11 is 0. The van der Waals surface area contributed by atoms with Gasteiger partial charge in [-0.1, -0.05) is 200 Å². The van der Waals surface area contributed by atoms with Crippen LogP contribution in [0.5, 0.6) is 0 Å². The predicted octanol–water partition coefficient (Wildman–Crippen LogP) is 17.6. The molecule has 1 heterocycles. The van der Waals surface area contributed by atoms with Gasteiger partial charge in [-0.15, -0.1) is 0 Å². The van der Waals surface area contributed by atoms with Gasteiger partial charge in [0, 0.05) is 27.9 Å². The molecule has 1 aromatic heterocycles. The maximum atomic E-state index is 6.32. The molecule has 0 bridgehead atoms. The van der Waals surface area contributed by atoms with E-state index in [1.165, 1.54) is 44.2 Å². The Morgan fingerprint density at radius 1 is 0.303 bits per heavy atom. The van der Waals surface area contributed by atoms with Crippen molar-refractivity contribution in [3.63, 3.8) is 0 Å². The van der Waals surface area contributed by atoms with Crippen LogP contribution >= 0.6 is 0 Å². The molecule has 12 aromatic rings. The van der Waals surface area contributed by atoms with E-state index >= 15 is 0 Å². The first kappa shape index (κ1) is 38.9. The van der Waals surface area contributed by atoms with Crippen molar-refractivity contribution in [1.82, 2.24) is 4.98 Å². The minimum Gasteiger partial charge on any atom is -0.436 e. The van der Waals surface area contributed by atoms with Crippen LogP contribution < -0.4 is 4.90 Å². The number of rotatable bonds is 9. The fourth-order valence-corrected chi connectivity index (χ4v) is 9.36. The van der Waals surface area contributed by atoms with Crippen molar-refractivity contribution in [2.24, 2.45) is 0 Å². The minimum atomic E-state index is 0.631. The van der Waals surface area contributed by atoms with E-state index in [4.69, 9.17) is 9.40 Å². The molecule has 0 spiro atoms. The van der Waals surface area contributed by atoms with Gasteiger partial charge in [-0.3, -0.25) is 0 Å². The van der Waals surface area contributed by atoms with Crippen LogP contribution in [0.4, 0.5) is 17.1 Å². The van der Waals surface area contributed by atoms with E-state index in [0.29, 0.717) is 5.89 Å². The van der Waals surface area contributed by atoms with Crippen molar-refractivity contribution in [1.29, 1.82) is 0 Å². The molecule has 0 saturated heterocycles. The van der Waals surface area contributed by atoms with Gasteiger partial charge in [0.2, 0.25) is 5.89 Å². The van der Waals surface area contributed by atoms with Crippen molar-refractivity contribution in [3.05, 3.63) is 255 Å². The molecule has 12 rings (SSSR count). The van der Waals surface area contributed by atoms with Gasteiger partial charge in [0.15, 0.2) is 5.58 Å². The third kappa shape index (κ3) is 7.29. The predicted molar refractivity (Wildman–Crippen MR) is 276 cm³/mol. The Balaban J connectivity index is 0.920. The number of nitrogens with zero attached hydrogens (tertiary/aromatic N) is 2. The third-order valence-corrected chi connectivity index (χ3v) is 12.7. The number of benzene rings is 11. The highest BCUT2D eigenvalue weighted by Gasteiger charge is 2.20. The smallest absolute Gasteiger partial charge is 0.227 e. The number of fused-ring (bicyclic) bond motifs is 4. The molecule has 0 fully saturated rings. The van der Waals surface area contributed by atoms with Crippen molar-refractivity contribution in [3.8, 4) is 67.1 Å². The normalized spacial score (nSPS) is 11.3. The zero-order chi connectivity index (χ0) is 43.8. The maximum absolute atomic E-state index is 6.32. The number of hydrogen-bond donors (Lipinski definition) is 0. The molecule has 0 aliphatic heterocycles. The Kier molecular flexibility index (Phi) is 9.85. The standard InChI is InChI=1S/C63H42N2O/c1-4-14-43(15-5-1)45-30-34-54(35-31-45)65(55-36-38-56(47-17-6-2-7-18-47)59(42-55)48-19-8-3-9-20-48)60-23-13-12-22-57(60)49-27-24-46(25-28-49)51-32-37-58-52(40-51)33-39-61-62(58)64-63(66-61)53-29-26-44-16-10-11-21-50(44)41-53/h1-42H. The molecule has 11 aromatic carbocycles. The van der Waals surface area contributed by atoms with E-state index in [9.17, 15) is 0 Å². The summed E-state index contributed by atoms with van der Waals surface area (Å²) in [4.78, 5) is 7.42. The SMILES string of the molecule is c1ccc(-c2ccc(N(c3ccc(-c4ccccc4)c(-c4ccccc4)c3)c3ccccc3-c3ccc(-c4ccc5c(ccc6oc(-c7ccc8ccccc8c7)nc65)c4)cc3)cc2)cc1. The molecule has 0 aliphatic carbocycles. The van der Waals surface area contributed by atoms with Crippen molar-refractivity contribution in [2.45, 2.75) is 0 Å². The molecule has 66 heavy (non-hydrogen) atoms. The summed E-state index contributed by atoms with van der Waals surface area (Å²) in [7, 11) is 0. The quantitative estimate of drug-likeness (QED) is 0.145. The Morgan fingerprint density at radius 2 is 0.818 bits per heavy atom. The van der Waals surface area contributed by atoms with Crippen LogP contribution in [0.3, 0.4) is 0 Å². The average molecular weight is 843 g/mol. The van der Waals surface area contributed by atoms with Crippen LogP contribution in [-0.4, -0.2) is 4.98 Å². The number of aromatic nitrogens is 1. The molecule has 0 atom stereocenters. The molecule has 0 saturated carbocycles. The van der Waals surface area contributed by atoms with Crippen LogP contribution in [0.15, 0.2) is 259 Å². The van der Waals surface area contributed by atoms with Crippen molar-refractivity contribution < 1.29 is 4.42 Å². The highest BCUT2D eigenvalue weighted by molar-refractivity contribution is 6.05. The Hall–Kier alpha value is -8.79. The van der Waals surface area contributed by atoms with Crippen LogP contribution in [0.1, 0.15) is 0 Å². The summed E-state index contributed by atoms with van der Waals surface area (Å²) in [5.41, 5.74) is 17.5. The lowest BCUT2D eigenvalue weighted by Crippen LogP contribution is -2.11. The zero-order valence-corrected chi connectivity index (χ0v) is 36.1. The van der Waals surface area contributed by atoms with Gasteiger partial charge in [0.05, 0.1) is 5.69 Å². The van der Waals surface area contributed by atoms with Gasteiger partial charge in [-0.25, -0.2) is 4.98 Å². The van der Waals surface area contributed by atoms with Gasteiger partial charge in [0.25, 0.3) is 0 Å². The van der Waals surface area contributed by atoms with Gasteiger partial charge >= 0.3 is 0 Å². The fourth-order valence-electron chi connectivity index (χ4n) is 9.36. The van der Waals surface area contributed by atoms with E-state index < -0.39 is 0 Å². The second-order valence-corrected chi connectivity index (χ2v) is 16.7. The van der Waals surface area contributed by atoms with E-state index in [1.54, 1.807) is 0 Å². The molecule has 310 valence electrons. The van der Waals surface area contributed by atoms with E-state index in [-0.39, 0.29) is 0 Å². The molecule has 3 nitrogen and oxygen atoms in total. The largest absolute Gasteiger partial charge is 0.436 e. The van der Waals surface area contributed by atoms with Crippen molar-refractivity contribution in [2.75, 3.05) is 4.90 Å². The summed E-state index contributed by atoms with van der Waals surface area (Å²) in [5, 5.41) is 4.55. The lowest BCUT2D eigenvalue weighted by Gasteiger charge is -2.29. The number of oxazole rings is 1. The van der Waals surface area contributed by atoms with Gasteiger partial charge in [0.1, 0.15) is 5.52 Å². The number of anilines is 3. The summed E-state index contributed by atoms with van der Waals surface area (Å²) in [5.74, 6) is 0.631. The molecule has 3 heteroatoms. The molecular weight excluding hydrogens is 801 g/mol. The minimum absolute atomic E-state index is 0.631. The van der Waals surface area contributed by atoms with Gasteiger partial charge in [-0.2, -0.15) is 0 Å². The fraction of sp³-hybridized carbons (Fsp3) is 0. The highest BCUT2D eigenvalue weighted by Crippen LogP contribution is 2.45. The maximum Gasteiger partial charge on any atom is 0.227 e. The Labute approximate surface area is 384 Å². The van der Waals surface area contributed by atoms with Crippen LogP contribution in [0.2, 0.25) is 0 Å². The lowest BCUT2D eigenvalue weighted by molar-refractivity contribution is 0.620. The van der Waals surface area contributed by atoms with Crippen molar-refractivity contribution >= 4 is 49.7 Å². The van der Waals surface area contributed by atoms with Gasteiger partial charge < -0.3 is 9.32 Å². The Bertz CT molecular complexity index is 3670. The highest BCUT2D eigenvalue weighted by atomic mass is 16.3. The average Bonchev–Trinajstić information content (AvgIpc) is 3.85. The lowest BCUT2D eigenvalue weighted by atomic mass is 9.93. The molecule has 0 aliphatic rings. The van der Waals surface area contributed by atoms with Gasteiger partial charge in [-0.05, 0) is 121 Å². The first-order chi connectivity index (χ1) is 32.7. The molecule has 0 amide bonds. The monoisotopic (exact) mass is 842 g/mol. The summed E-state index contributed by atoms with van der Waals surface area (Å²) in [6.45, 7) is 0. The second-order valence-electron chi connectivity index (χ2n) is 16.7. The first-order valence-electron chi connectivity index (χ1n) is 22.4. The van der Waals surface area contributed by atoms with E-state index in [2.05, 4.69) is 254 Å². The zero-order valence-electron chi connectivity index (χ0n) is 36.1. The summed E-state index contributed by atoms with van der Waals surface area (Å²) in [6.07, 6.45) is 0.